The van der Waals surface area contributed by atoms with Gasteiger partial charge in [0.2, 0.25) is 29.5 Å². The molecule has 2 aliphatic rings. The van der Waals surface area contributed by atoms with Crippen LogP contribution in [-0.2, 0) is 20.9 Å². The Morgan fingerprint density at radius 2 is 1.84 bits per heavy atom. The molecule has 3 amide bonds. The largest absolute Gasteiger partial charge is 0.419 e. The number of fused-ring (bicyclic) bond motifs is 1. The number of hydrogen-bond donors (Lipinski definition) is 0. The van der Waals surface area contributed by atoms with Crippen LogP contribution in [0.5, 0.6) is 0 Å². The zero-order valence-corrected chi connectivity index (χ0v) is 18.9. The van der Waals surface area contributed by atoms with E-state index in [0.29, 0.717) is 28.9 Å². The first-order chi connectivity index (χ1) is 15.5. The van der Waals surface area contributed by atoms with Gasteiger partial charge in [-0.25, -0.2) is 0 Å². The van der Waals surface area contributed by atoms with E-state index in [9.17, 15) is 14.4 Å². The number of rotatable bonds is 8. The van der Waals surface area contributed by atoms with E-state index in [0.717, 1.165) is 32.1 Å². The number of benzene rings is 1. The highest BCUT2D eigenvalue weighted by molar-refractivity contribution is 6.33. The maximum absolute atomic E-state index is 12.9. The van der Waals surface area contributed by atoms with Crippen LogP contribution in [-0.4, -0.2) is 50.8 Å². The highest BCUT2D eigenvalue weighted by atomic mass is 35.5. The van der Waals surface area contributed by atoms with E-state index < -0.39 is 0 Å². The fourth-order valence-electron chi connectivity index (χ4n) is 4.60. The predicted molar refractivity (Wildman–Crippen MR) is 117 cm³/mol. The van der Waals surface area contributed by atoms with Crippen molar-refractivity contribution in [2.45, 2.75) is 52.0 Å². The third kappa shape index (κ3) is 4.55. The molecule has 2 atom stereocenters. The van der Waals surface area contributed by atoms with Gasteiger partial charge in [-0.15, -0.1) is 10.2 Å². The summed E-state index contributed by atoms with van der Waals surface area (Å²) in [4.78, 5) is 41.1. The van der Waals surface area contributed by atoms with Gasteiger partial charge in [0.1, 0.15) is 0 Å². The van der Waals surface area contributed by atoms with Crippen LogP contribution in [0.25, 0.3) is 11.5 Å². The first kappa shape index (κ1) is 22.5. The van der Waals surface area contributed by atoms with Crippen molar-refractivity contribution < 1.29 is 18.8 Å². The van der Waals surface area contributed by atoms with Gasteiger partial charge in [0, 0.05) is 19.5 Å². The molecule has 1 saturated carbocycles. The summed E-state index contributed by atoms with van der Waals surface area (Å²) in [6.45, 7) is 2.77. The summed E-state index contributed by atoms with van der Waals surface area (Å²) in [5.74, 6) is -0.169. The van der Waals surface area contributed by atoms with E-state index in [2.05, 4.69) is 10.2 Å². The summed E-state index contributed by atoms with van der Waals surface area (Å²) in [6.07, 6.45) is 4.35. The van der Waals surface area contributed by atoms with Gasteiger partial charge in [-0.3, -0.25) is 19.3 Å². The fourth-order valence-corrected chi connectivity index (χ4v) is 4.82. The second kappa shape index (κ2) is 9.81. The number of halogens is 1. The minimum atomic E-state index is -0.195. The van der Waals surface area contributed by atoms with Gasteiger partial charge in [0.05, 0.1) is 29.0 Å². The Kier molecular flexibility index (Phi) is 6.89. The quantitative estimate of drug-likeness (QED) is 0.559. The van der Waals surface area contributed by atoms with Crippen molar-refractivity contribution in [3.8, 4) is 11.5 Å². The number of imide groups is 1. The molecule has 2 heterocycles. The molecule has 8 nitrogen and oxygen atoms in total. The average molecular weight is 459 g/mol. The summed E-state index contributed by atoms with van der Waals surface area (Å²) in [6, 6.07) is 7.17. The van der Waals surface area contributed by atoms with Crippen molar-refractivity contribution in [2.24, 2.45) is 11.8 Å². The summed E-state index contributed by atoms with van der Waals surface area (Å²) in [5, 5.41) is 8.62. The Bertz CT molecular complexity index is 983. The Hall–Kier alpha value is -2.74. The summed E-state index contributed by atoms with van der Waals surface area (Å²) >= 11 is 6.19. The van der Waals surface area contributed by atoms with E-state index in [1.165, 1.54) is 4.90 Å². The van der Waals surface area contributed by atoms with Crippen molar-refractivity contribution >= 4 is 29.3 Å². The molecule has 170 valence electrons. The van der Waals surface area contributed by atoms with Crippen LogP contribution in [0, 0.1) is 11.8 Å². The molecular weight excluding hydrogens is 432 g/mol. The van der Waals surface area contributed by atoms with E-state index in [4.69, 9.17) is 16.0 Å². The van der Waals surface area contributed by atoms with Crippen molar-refractivity contribution in [2.75, 3.05) is 13.1 Å². The zero-order chi connectivity index (χ0) is 22.7. The summed E-state index contributed by atoms with van der Waals surface area (Å²) in [5.41, 5.74) is 0.633. The molecule has 1 aliphatic carbocycles. The molecule has 2 fully saturated rings. The maximum atomic E-state index is 12.9. The van der Waals surface area contributed by atoms with Crippen LogP contribution in [0.1, 0.15) is 51.3 Å². The van der Waals surface area contributed by atoms with Crippen molar-refractivity contribution in [3.63, 3.8) is 0 Å². The van der Waals surface area contributed by atoms with Gasteiger partial charge < -0.3 is 9.32 Å². The summed E-state index contributed by atoms with van der Waals surface area (Å²) in [7, 11) is 0. The molecule has 0 N–H and O–H groups in total. The van der Waals surface area contributed by atoms with E-state index >= 15 is 0 Å². The van der Waals surface area contributed by atoms with Crippen LogP contribution in [0.15, 0.2) is 28.7 Å². The van der Waals surface area contributed by atoms with Gasteiger partial charge in [-0.2, -0.15) is 0 Å². The molecule has 0 radical (unpaired) electrons. The number of nitrogens with zero attached hydrogens (tertiary/aromatic N) is 4. The number of amides is 3. The van der Waals surface area contributed by atoms with Gasteiger partial charge in [-0.1, -0.05) is 43.5 Å². The molecule has 1 aromatic heterocycles. The normalized spacial score (nSPS) is 20.5. The van der Waals surface area contributed by atoms with E-state index in [1.54, 1.807) is 17.0 Å². The molecule has 1 aromatic carbocycles. The minimum Gasteiger partial charge on any atom is -0.419 e. The lowest BCUT2D eigenvalue weighted by Crippen LogP contribution is -2.37. The van der Waals surface area contributed by atoms with Crippen LogP contribution in [0.3, 0.4) is 0 Å². The lowest BCUT2D eigenvalue weighted by atomic mass is 9.81. The van der Waals surface area contributed by atoms with E-state index in [1.807, 2.05) is 19.1 Å². The van der Waals surface area contributed by atoms with Gasteiger partial charge in [0.15, 0.2) is 0 Å². The van der Waals surface area contributed by atoms with E-state index in [-0.39, 0.29) is 49.1 Å². The van der Waals surface area contributed by atoms with Crippen molar-refractivity contribution in [1.82, 2.24) is 20.0 Å². The minimum absolute atomic E-state index is 0.0857. The molecule has 32 heavy (non-hydrogen) atoms. The lowest BCUT2D eigenvalue weighted by molar-refractivity contribution is -0.141. The predicted octanol–water partition coefficient (Wildman–Crippen LogP) is 3.69. The third-order valence-electron chi connectivity index (χ3n) is 6.23. The Morgan fingerprint density at radius 3 is 2.50 bits per heavy atom. The average Bonchev–Trinajstić information content (AvgIpc) is 3.35. The third-order valence-corrected chi connectivity index (χ3v) is 6.55. The maximum Gasteiger partial charge on any atom is 0.249 e. The first-order valence-electron chi connectivity index (χ1n) is 11.2. The van der Waals surface area contributed by atoms with Crippen LogP contribution in [0.4, 0.5) is 0 Å². The molecule has 2 unspecified atom stereocenters. The lowest BCUT2D eigenvalue weighted by Gasteiger charge is -2.22. The molecule has 4 rings (SSSR count). The molecule has 9 heteroatoms. The molecular formula is C23H27ClN4O4. The van der Waals surface area contributed by atoms with Crippen LogP contribution < -0.4 is 0 Å². The highest BCUT2D eigenvalue weighted by Crippen LogP contribution is 2.38. The Balaban J connectivity index is 1.39. The standard InChI is InChI=1S/C23H27ClN4O4/c1-2-12-27(14-19-25-26-21(32-19)17-9-5-6-10-18(17)24)20(29)11-13-28-22(30)15-7-3-4-8-16(15)23(28)31/h5-6,9-10,15-16H,2-4,7-8,11-14H2,1H3. The highest BCUT2D eigenvalue weighted by Gasteiger charge is 2.47. The Labute approximate surface area is 191 Å². The smallest absolute Gasteiger partial charge is 0.249 e. The number of carbonyl (C=O) groups excluding carboxylic acids is 3. The molecule has 0 bridgehead atoms. The monoisotopic (exact) mass is 458 g/mol. The Morgan fingerprint density at radius 1 is 1.16 bits per heavy atom. The van der Waals surface area contributed by atoms with Gasteiger partial charge >= 0.3 is 0 Å². The molecule has 0 spiro atoms. The van der Waals surface area contributed by atoms with Crippen molar-refractivity contribution in [3.05, 3.63) is 35.2 Å². The number of carbonyl (C=O) groups is 3. The number of likely N-dealkylation sites (tertiary alicyclic amines) is 1. The molecule has 1 saturated heterocycles. The first-order valence-corrected chi connectivity index (χ1v) is 11.6. The van der Waals surface area contributed by atoms with Gasteiger partial charge in [-0.05, 0) is 31.4 Å². The fraction of sp³-hybridized carbons (Fsp3) is 0.522. The second-order valence-electron chi connectivity index (χ2n) is 8.37. The number of hydrogen-bond acceptors (Lipinski definition) is 6. The molecule has 1 aliphatic heterocycles. The topological polar surface area (TPSA) is 96.6 Å². The van der Waals surface area contributed by atoms with Crippen molar-refractivity contribution in [1.29, 1.82) is 0 Å². The SMILES string of the molecule is CCCN(Cc1nnc(-c2ccccc2Cl)o1)C(=O)CCN1C(=O)C2CCCCC2C1=O. The second-order valence-corrected chi connectivity index (χ2v) is 8.78. The molecule has 2 aromatic rings. The zero-order valence-electron chi connectivity index (χ0n) is 18.1. The van der Waals surface area contributed by atoms with Crippen LogP contribution >= 0.6 is 11.6 Å². The summed E-state index contributed by atoms with van der Waals surface area (Å²) < 4.78 is 5.73. The van der Waals surface area contributed by atoms with Crippen LogP contribution in [0.2, 0.25) is 5.02 Å². The number of aromatic nitrogens is 2. The van der Waals surface area contributed by atoms with Gasteiger partial charge in [0.25, 0.3) is 0 Å².